The van der Waals surface area contributed by atoms with Crippen LogP contribution in [0.3, 0.4) is 0 Å². The first-order valence-electron chi connectivity index (χ1n) is 10.00. The summed E-state index contributed by atoms with van der Waals surface area (Å²) in [5, 5.41) is 0.897. The van der Waals surface area contributed by atoms with Crippen LogP contribution >= 0.6 is 11.3 Å². The predicted molar refractivity (Wildman–Crippen MR) is 117 cm³/mol. The summed E-state index contributed by atoms with van der Waals surface area (Å²) in [6, 6.07) is 18.4. The molecule has 0 radical (unpaired) electrons. The second kappa shape index (κ2) is 8.27. The van der Waals surface area contributed by atoms with Crippen molar-refractivity contribution in [3.8, 4) is 0 Å². The van der Waals surface area contributed by atoms with E-state index in [9.17, 15) is 4.79 Å². The van der Waals surface area contributed by atoms with E-state index >= 15 is 0 Å². The zero-order valence-corrected chi connectivity index (χ0v) is 17.1. The van der Waals surface area contributed by atoms with Crippen molar-refractivity contribution in [1.29, 1.82) is 0 Å². The highest BCUT2D eigenvalue weighted by molar-refractivity contribution is 7.18. The number of nitrogens with zero attached hydrogens (tertiary/aromatic N) is 2. The number of likely N-dealkylation sites (tertiary alicyclic amines) is 1. The summed E-state index contributed by atoms with van der Waals surface area (Å²) in [7, 11) is 0. The zero-order chi connectivity index (χ0) is 19.5. The number of allylic oxidation sites excluding steroid dienone is 1. The van der Waals surface area contributed by atoms with E-state index in [4.69, 9.17) is 4.98 Å². The van der Waals surface area contributed by atoms with Crippen LogP contribution in [-0.2, 0) is 4.79 Å². The van der Waals surface area contributed by atoms with E-state index in [0.29, 0.717) is 0 Å². The van der Waals surface area contributed by atoms with Crippen LogP contribution in [0.15, 0.2) is 66.7 Å². The Labute approximate surface area is 170 Å². The van der Waals surface area contributed by atoms with Gasteiger partial charge in [0.25, 0.3) is 0 Å². The van der Waals surface area contributed by atoms with Crippen molar-refractivity contribution < 1.29 is 4.79 Å². The number of amides is 1. The molecule has 144 valence electrons. The average Bonchev–Trinajstić information content (AvgIpc) is 3.16. The van der Waals surface area contributed by atoms with Gasteiger partial charge in [0.15, 0.2) is 0 Å². The van der Waals surface area contributed by atoms with Gasteiger partial charge in [-0.3, -0.25) is 4.79 Å². The highest BCUT2D eigenvalue weighted by atomic mass is 32.1. The van der Waals surface area contributed by atoms with Gasteiger partial charge in [0.2, 0.25) is 5.91 Å². The maximum atomic E-state index is 13.7. The lowest BCUT2D eigenvalue weighted by atomic mass is 9.80. The first kappa shape index (κ1) is 18.9. The molecule has 0 unspecified atom stereocenters. The Bertz CT molecular complexity index is 939. The van der Waals surface area contributed by atoms with Crippen LogP contribution < -0.4 is 0 Å². The average molecular weight is 391 g/mol. The highest BCUT2D eigenvalue weighted by Gasteiger charge is 2.37. The fourth-order valence-corrected chi connectivity index (χ4v) is 5.24. The Hall–Kier alpha value is -2.46. The van der Waals surface area contributed by atoms with Gasteiger partial charge in [-0.05, 0) is 43.9 Å². The van der Waals surface area contributed by atoms with Gasteiger partial charge < -0.3 is 4.90 Å². The summed E-state index contributed by atoms with van der Waals surface area (Å²) in [6.07, 6.45) is 3.38. The second-order valence-electron chi connectivity index (χ2n) is 7.62. The molecule has 28 heavy (non-hydrogen) atoms. The molecule has 1 amide bonds. The summed E-state index contributed by atoms with van der Waals surface area (Å²) in [4.78, 5) is 20.7. The molecule has 2 heterocycles. The molecule has 1 aromatic heterocycles. The van der Waals surface area contributed by atoms with Crippen molar-refractivity contribution in [2.45, 2.75) is 38.0 Å². The highest BCUT2D eigenvalue weighted by Crippen LogP contribution is 2.42. The van der Waals surface area contributed by atoms with Gasteiger partial charge >= 0.3 is 0 Å². The SMILES string of the molecule is C=C(C)[C@H](c1ccccc1)[C@H](C(=O)N1CCCCC1)c1nc2ccccc2s1. The molecule has 0 N–H and O–H groups in total. The molecule has 1 aliphatic rings. The molecule has 3 aromatic rings. The van der Waals surface area contributed by atoms with Crippen LogP contribution in [0.2, 0.25) is 0 Å². The number of piperidine rings is 1. The smallest absolute Gasteiger partial charge is 0.233 e. The van der Waals surface area contributed by atoms with Crippen molar-refractivity contribution in [1.82, 2.24) is 9.88 Å². The van der Waals surface area contributed by atoms with E-state index in [1.165, 1.54) is 6.42 Å². The largest absolute Gasteiger partial charge is 0.342 e. The third kappa shape index (κ3) is 3.74. The quantitative estimate of drug-likeness (QED) is 0.520. The van der Waals surface area contributed by atoms with E-state index in [1.807, 2.05) is 48.2 Å². The molecule has 0 saturated carbocycles. The molecule has 4 heteroatoms. The number of carbonyl (C=O) groups is 1. The molecule has 2 aromatic carbocycles. The predicted octanol–water partition coefficient (Wildman–Crippen LogP) is 5.75. The standard InChI is InChI=1S/C24H26N2OS/c1-17(2)21(18-11-5-3-6-12-18)22(24(27)26-15-9-4-10-16-26)23-25-19-13-7-8-14-20(19)28-23/h3,5-8,11-14,21-22H,1,4,9-10,15-16H2,2H3/t21-,22+/m1/s1. The van der Waals surface area contributed by atoms with E-state index < -0.39 is 0 Å². The summed E-state index contributed by atoms with van der Waals surface area (Å²) in [5.74, 6) is -0.206. The third-order valence-corrected chi connectivity index (χ3v) is 6.65. The van der Waals surface area contributed by atoms with Crippen molar-refractivity contribution >= 4 is 27.5 Å². The minimum absolute atomic E-state index is 0.0730. The number of para-hydroxylation sites is 1. The molecule has 2 atom stereocenters. The minimum atomic E-state index is -0.324. The third-order valence-electron chi connectivity index (χ3n) is 5.53. The molecular weight excluding hydrogens is 364 g/mol. The van der Waals surface area contributed by atoms with E-state index in [1.54, 1.807) is 11.3 Å². The maximum Gasteiger partial charge on any atom is 0.233 e. The Morgan fingerprint density at radius 3 is 2.36 bits per heavy atom. The minimum Gasteiger partial charge on any atom is -0.342 e. The topological polar surface area (TPSA) is 33.2 Å². The number of carbonyl (C=O) groups excluding carboxylic acids is 1. The molecule has 0 spiro atoms. The van der Waals surface area contributed by atoms with Gasteiger partial charge in [-0.25, -0.2) is 4.98 Å². The van der Waals surface area contributed by atoms with Crippen LogP contribution in [0.5, 0.6) is 0 Å². The lowest BCUT2D eigenvalue weighted by molar-refractivity contribution is -0.134. The van der Waals surface area contributed by atoms with Gasteiger partial charge in [0, 0.05) is 19.0 Å². The van der Waals surface area contributed by atoms with Crippen LogP contribution in [0, 0.1) is 0 Å². The van der Waals surface area contributed by atoms with E-state index in [-0.39, 0.29) is 17.7 Å². The van der Waals surface area contributed by atoms with Gasteiger partial charge in [0.1, 0.15) is 10.9 Å². The van der Waals surface area contributed by atoms with Crippen LogP contribution in [0.1, 0.15) is 48.6 Å². The Morgan fingerprint density at radius 2 is 1.68 bits per heavy atom. The summed E-state index contributed by atoms with van der Waals surface area (Å²) in [6.45, 7) is 7.99. The number of rotatable bonds is 5. The lowest BCUT2D eigenvalue weighted by Gasteiger charge is -2.33. The summed E-state index contributed by atoms with van der Waals surface area (Å²) >= 11 is 1.64. The van der Waals surface area contributed by atoms with Gasteiger partial charge in [-0.2, -0.15) is 0 Å². The molecule has 1 fully saturated rings. The zero-order valence-electron chi connectivity index (χ0n) is 16.3. The van der Waals surface area contributed by atoms with Crippen molar-refractivity contribution in [2.75, 3.05) is 13.1 Å². The fraction of sp³-hybridized carbons (Fsp3) is 0.333. The molecule has 4 rings (SSSR count). The van der Waals surface area contributed by atoms with Crippen molar-refractivity contribution in [3.05, 3.63) is 77.3 Å². The first-order valence-corrected chi connectivity index (χ1v) is 10.8. The molecule has 0 bridgehead atoms. The number of fused-ring (bicyclic) bond motifs is 1. The number of hydrogen-bond acceptors (Lipinski definition) is 3. The van der Waals surface area contributed by atoms with Crippen molar-refractivity contribution in [2.24, 2.45) is 0 Å². The Balaban J connectivity index is 1.81. The van der Waals surface area contributed by atoms with Crippen LogP contribution in [-0.4, -0.2) is 28.9 Å². The molecule has 3 nitrogen and oxygen atoms in total. The second-order valence-corrected chi connectivity index (χ2v) is 8.68. The number of hydrogen-bond donors (Lipinski definition) is 0. The molecule has 1 aliphatic heterocycles. The summed E-state index contributed by atoms with van der Waals surface area (Å²) in [5.41, 5.74) is 3.10. The normalized spacial score (nSPS) is 16.7. The Kier molecular flexibility index (Phi) is 5.58. The maximum absolute atomic E-state index is 13.7. The van der Waals surface area contributed by atoms with Crippen molar-refractivity contribution in [3.63, 3.8) is 0 Å². The van der Waals surface area contributed by atoms with Gasteiger partial charge in [-0.1, -0.05) is 54.6 Å². The molecular formula is C24H26N2OS. The fourth-order valence-electron chi connectivity index (χ4n) is 4.15. The first-order chi connectivity index (χ1) is 13.6. The van der Waals surface area contributed by atoms with Crippen LogP contribution in [0.4, 0.5) is 0 Å². The number of thiazole rings is 1. The van der Waals surface area contributed by atoms with Gasteiger partial charge in [-0.15, -0.1) is 11.3 Å². The monoisotopic (exact) mass is 390 g/mol. The Morgan fingerprint density at radius 1 is 1.00 bits per heavy atom. The molecule has 0 aliphatic carbocycles. The molecule has 1 saturated heterocycles. The van der Waals surface area contributed by atoms with E-state index in [0.717, 1.165) is 52.3 Å². The van der Waals surface area contributed by atoms with Gasteiger partial charge in [0.05, 0.1) is 10.2 Å². The summed E-state index contributed by atoms with van der Waals surface area (Å²) < 4.78 is 1.13. The number of aromatic nitrogens is 1. The number of benzene rings is 2. The van der Waals surface area contributed by atoms with E-state index in [2.05, 4.69) is 24.8 Å². The van der Waals surface area contributed by atoms with Crippen LogP contribution in [0.25, 0.3) is 10.2 Å². The lowest BCUT2D eigenvalue weighted by Crippen LogP contribution is -2.40.